The monoisotopic (exact) mass is 335 g/mol. The third kappa shape index (κ3) is 2.49. The summed E-state index contributed by atoms with van der Waals surface area (Å²) in [5, 5.41) is 0.130. The standard InChI is InChI=1S/C15H21N5O2S/c1-11-7-16-15(12-3-4-12)20(11)13-5-6-19(8-13)23(21,22)14-9-18(2)10-17-14/h7,9-10,12-13H,3-6,8H2,1-2H3. The lowest BCUT2D eigenvalue weighted by atomic mass is 10.2. The first kappa shape index (κ1) is 14.9. The molecular formula is C15H21N5O2S. The molecule has 2 aliphatic rings. The summed E-state index contributed by atoms with van der Waals surface area (Å²) in [4.78, 5) is 8.56. The molecule has 1 saturated carbocycles. The zero-order valence-electron chi connectivity index (χ0n) is 13.4. The van der Waals surface area contributed by atoms with Gasteiger partial charge in [0.15, 0.2) is 5.03 Å². The fourth-order valence-corrected chi connectivity index (χ4v) is 4.84. The number of hydrogen-bond acceptors (Lipinski definition) is 4. The van der Waals surface area contributed by atoms with Crippen molar-refractivity contribution in [3.05, 3.63) is 30.2 Å². The Hall–Kier alpha value is -1.67. The van der Waals surface area contributed by atoms with E-state index in [4.69, 9.17) is 0 Å². The van der Waals surface area contributed by atoms with Crippen molar-refractivity contribution in [1.82, 2.24) is 23.4 Å². The first-order chi connectivity index (χ1) is 11.0. The molecular weight excluding hydrogens is 314 g/mol. The van der Waals surface area contributed by atoms with Crippen molar-refractivity contribution in [3.63, 3.8) is 0 Å². The van der Waals surface area contributed by atoms with Crippen molar-refractivity contribution in [2.24, 2.45) is 7.05 Å². The third-order valence-electron chi connectivity index (χ3n) is 4.73. The summed E-state index contributed by atoms with van der Waals surface area (Å²) >= 11 is 0. The van der Waals surface area contributed by atoms with Gasteiger partial charge in [-0.25, -0.2) is 18.4 Å². The minimum absolute atomic E-state index is 0.130. The lowest BCUT2D eigenvalue weighted by Gasteiger charge is -2.19. The van der Waals surface area contributed by atoms with E-state index in [1.807, 2.05) is 6.20 Å². The Labute approximate surface area is 136 Å². The van der Waals surface area contributed by atoms with E-state index in [0.717, 1.165) is 17.9 Å². The Morgan fingerprint density at radius 1 is 1.22 bits per heavy atom. The second-order valence-electron chi connectivity index (χ2n) is 6.58. The summed E-state index contributed by atoms with van der Waals surface area (Å²) in [5.41, 5.74) is 1.12. The average molecular weight is 335 g/mol. The molecule has 1 atom stereocenters. The number of aryl methyl sites for hydroxylation is 2. The van der Waals surface area contributed by atoms with Gasteiger partial charge in [-0.05, 0) is 26.2 Å². The Morgan fingerprint density at radius 3 is 2.65 bits per heavy atom. The van der Waals surface area contributed by atoms with Gasteiger partial charge in [0, 0.05) is 44.1 Å². The van der Waals surface area contributed by atoms with Crippen LogP contribution in [-0.2, 0) is 17.1 Å². The summed E-state index contributed by atoms with van der Waals surface area (Å²) in [6, 6.07) is 0.173. The Kier molecular flexibility index (Phi) is 3.35. The molecule has 0 amide bonds. The van der Waals surface area contributed by atoms with Crippen molar-refractivity contribution in [2.45, 2.75) is 43.2 Å². The molecule has 2 aromatic rings. The molecule has 0 N–H and O–H groups in total. The molecule has 0 bridgehead atoms. The zero-order chi connectivity index (χ0) is 16.2. The highest BCUT2D eigenvalue weighted by Crippen LogP contribution is 2.41. The summed E-state index contributed by atoms with van der Waals surface area (Å²) in [7, 11) is -1.73. The van der Waals surface area contributed by atoms with Gasteiger partial charge in [0.1, 0.15) is 5.82 Å². The second kappa shape index (κ2) is 5.17. The topological polar surface area (TPSA) is 73.0 Å². The summed E-state index contributed by atoms with van der Waals surface area (Å²) in [6.45, 7) is 3.08. The van der Waals surface area contributed by atoms with Crippen LogP contribution < -0.4 is 0 Å². The van der Waals surface area contributed by atoms with Crippen molar-refractivity contribution in [2.75, 3.05) is 13.1 Å². The van der Waals surface area contributed by atoms with E-state index < -0.39 is 10.0 Å². The largest absolute Gasteiger partial charge is 0.339 e. The predicted molar refractivity (Wildman–Crippen MR) is 84.6 cm³/mol. The molecule has 2 aromatic heterocycles. The van der Waals surface area contributed by atoms with Crippen LogP contribution in [0.15, 0.2) is 23.7 Å². The molecule has 0 spiro atoms. The van der Waals surface area contributed by atoms with Crippen molar-refractivity contribution in [1.29, 1.82) is 0 Å². The Morgan fingerprint density at radius 2 is 2.00 bits per heavy atom. The van der Waals surface area contributed by atoms with E-state index in [1.165, 1.54) is 19.2 Å². The Bertz CT molecular complexity index is 834. The van der Waals surface area contributed by atoms with E-state index in [2.05, 4.69) is 21.5 Å². The molecule has 0 aromatic carbocycles. The molecule has 8 heteroatoms. The Balaban J connectivity index is 1.59. The zero-order valence-corrected chi connectivity index (χ0v) is 14.2. The summed E-state index contributed by atoms with van der Waals surface area (Å²) < 4.78 is 30.9. The smallest absolute Gasteiger partial charge is 0.262 e. The maximum absolute atomic E-state index is 12.7. The minimum Gasteiger partial charge on any atom is -0.339 e. The number of sulfonamides is 1. The van der Waals surface area contributed by atoms with Crippen LogP contribution in [0.1, 0.15) is 42.7 Å². The lowest BCUT2D eigenvalue weighted by molar-refractivity contribution is 0.442. The van der Waals surface area contributed by atoms with Gasteiger partial charge in [-0.2, -0.15) is 4.31 Å². The molecule has 3 heterocycles. The maximum atomic E-state index is 12.7. The maximum Gasteiger partial charge on any atom is 0.262 e. The number of aromatic nitrogens is 4. The van der Waals surface area contributed by atoms with E-state index in [-0.39, 0.29) is 11.1 Å². The highest BCUT2D eigenvalue weighted by Gasteiger charge is 2.37. The van der Waals surface area contributed by atoms with Gasteiger partial charge in [0.2, 0.25) is 0 Å². The third-order valence-corrected chi connectivity index (χ3v) is 6.48. The molecule has 4 rings (SSSR count). The van der Waals surface area contributed by atoms with Gasteiger partial charge in [-0.15, -0.1) is 0 Å². The van der Waals surface area contributed by atoms with Crippen LogP contribution in [-0.4, -0.2) is 44.9 Å². The highest BCUT2D eigenvalue weighted by atomic mass is 32.2. The van der Waals surface area contributed by atoms with Crippen LogP contribution in [0, 0.1) is 6.92 Å². The predicted octanol–water partition coefficient (Wildman–Crippen LogP) is 1.44. The molecule has 124 valence electrons. The second-order valence-corrected chi connectivity index (χ2v) is 8.47. The van der Waals surface area contributed by atoms with Crippen molar-refractivity contribution >= 4 is 10.0 Å². The summed E-state index contributed by atoms with van der Waals surface area (Å²) in [6.07, 6.45) is 8.19. The lowest BCUT2D eigenvalue weighted by Crippen LogP contribution is -2.30. The van der Waals surface area contributed by atoms with Gasteiger partial charge in [0.25, 0.3) is 10.0 Å². The van der Waals surface area contributed by atoms with Crippen LogP contribution in [0.2, 0.25) is 0 Å². The first-order valence-corrected chi connectivity index (χ1v) is 9.42. The quantitative estimate of drug-likeness (QED) is 0.847. The fraction of sp³-hybridized carbons (Fsp3) is 0.600. The molecule has 1 aliphatic carbocycles. The highest BCUT2D eigenvalue weighted by molar-refractivity contribution is 7.89. The van der Waals surface area contributed by atoms with E-state index in [9.17, 15) is 8.42 Å². The number of nitrogens with zero attached hydrogens (tertiary/aromatic N) is 5. The van der Waals surface area contributed by atoms with Crippen LogP contribution >= 0.6 is 0 Å². The SMILES string of the molecule is Cc1cnc(C2CC2)n1C1CCN(S(=O)(=O)c2cn(C)cn2)C1. The normalized spacial score (nSPS) is 22.8. The van der Waals surface area contributed by atoms with Crippen LogP contribution in [0.4, 0.5) is 0 Å². The molecule has 1 unspecified atom stereocenters. The molecule has 23 heavy (non-hydrogen) atoms. The van der Waals surface area contributed by atoms with Gasteiger partial charge in [-0.1, -0.05) is 0 Å². The van der Waals surface area contributed by atoms with Gasteiger partial charge >= 0.3 is 0 Å². The van der Waals surface area contributed by atoms with Crippen molar-refractivity contribution < 1.29 is 8.42 Å². The van der Waals surface area contributed by atoms with Gasteiger partial charge < -0.3 is 9.13 Å². The number of hydrogen-bond donors (Lipinski definition) is 0. The fourth-order valence-electron chi connectivity index (χ4n) is 3.38. The minimum atomic E-state index is -3.50. The summed E-state index contributed by atoms with van der Waals surface area (Å²) in [5.74, 6) is 1.69. The molecule has 1 aliphatic heterocycles. The molecule has 2 fully saturated rings. The first-order valence-electron chi connectivity index (χ1n) is 7.98. The van der Waals surface area contributed by atoms with E-state index >= 15 is 0 Å². The number of imidazole rings is 2. The van der Waals surface area contributed by atoms with E-state index in [0.29, 0.717) is 19.0 Å². The van der Waals surface area contributed by atoms with Crippen LogP contribution in [0.3, 0.4) is 0 Å². The van der Waals surface area contributed by atoms with Crippen LogP contribution in [0.25, 0.3) is 0 Å². The van der Waals surface area contributed by atoms with E-state index in [1.54, 1.807) is 22.1 Å². The van der Waals surface area contributed by atoms with Gasteiger partial charge in [0.05, 0.1) is 12.4 Å². The van der Waals surface area contributed by atoms with Crippen molar-refractivity contribution in [3.8, 4) is 0 Å². The van der Waals surface area contributed by atoms with Gasteiger partial charge in [-0.3, -0.25) is 0 Å². The molecule has 7 nitrogen and oxygen atoms in total. The molecule has 1 saturated heterocycles. The number of rotatable bonds is 4. The average Bonchev–Trinajstić information content (AvgIpc) is 2.91. The van der Waals surface area contributed by atoms with Crippen LogP contribution in [0.5, 0.6) is 0 Å². The molecule has 0 radical (unpaired) electrons.